The van der Waals surface area contributed by atoms with Gasteiger partial charge in [-0.1, -0.05) is 22.0 Å². The number of rotatable bonds is 2. The van der Waals surface area contributed by atoms with E-state index in [4.69, 9.17) is 0 Å². The Kier molecular flexibility index (Phi) is 4.96. The smallest absolute Gasteiger partial charge is 0.326 e. The van der Waals surface area contributed by atoms with E-state index in [9.17, 15) is 18.0 Å². The van der Waals surface area contributed by atoms with Crippen molar-refractivity contribution in [1.29, 1.82) is 0 Å². The van der Waals surface area contributed by atoms with Gasteiger partial charge in [0.1, 0.15) is 0 Å². The molecule has 0 heterocycles. The first kappa shape index (κ1) is 16.3. The molecule has 0 unspecified atom stereocenters. The molecule has 116 valence electrons. The van der Waals surface area contributed by atoms with E-state index in [1.165, 1.54) is 0 Å². The van der Waals surface area contributed by atoms with Gasteiger partial charge in [0, 0.05) is 16.1 Å². The molecule has 0 spiro atoms. The van der Waals surface area contributed by atoms with Crippen LogP contribution in [-0.4, -0.2) is 12.1 Å². The third-order valence-electron chi connectivity index (χ3n) is 4.00. The fourth-order valence-corrected chi connectivity index (χ4v) is 2.98. The van der Waals surface area contributed by atoms with Gasteiger partial charge in [0.25, 0.3) is 0 Å². The number of hydrogen-bond acceptors (Lipinski definition) is 1. The van der Waals surface area contributed by atoms with Gasteiger partial charge in [-0.3, -0.25) is 4.79 Å². The second-order valence-corrected chi connectivity index (χ2v) is 6.40. The molecule has 1 aliphatic rings. The van der Waals surface area contributed by atoms with Crippen molar-refractivity contribution >= 4 is 27.5 Å². The Morgan fingerprint density at radius 2 is 1.86 bits per heavy atom. The number of benzene rings is 1. The Labute approximate surface area is 130 Å². The van der Waals surface area contributed by atoms with Crippen LogP contribution in [0.15, 0.2) is 22.7 Å². The van der Waals surface area contributed by atoms with Gasteiger partial charge in [0.05, 0.1) is 5.92 Å². The van der Waals surface area contributed by atoms with E-state index in [1.54, 1.807) is 12.1 Å². The second-order valence-electron chi connectivity index (χ2n) is 5.54. The molecular formula is C15H17BrF3NO. The van der Waals surface area contributed by atoms with Crippen molar-refractivity contribution in [2.24, 2.45) is 11.8 Å². The standard InChI is InChI=1S/C15H17BrF3NO/c1-9-2-7-12(8-13(9)16)20-14(21)10-3-5-11(6-4-10)15(17,18)19/h2,7-8,10-11H,3-6H2,1H3,(H,20,21). The number of carbonyl (C=O) groups is 1. The SMILES string of the molecule is Cc1ccc(NC(=O)C2CCC(C(F)(F)F)CC2)cc1Br. The number of amides is 1. The van der Waals surface area contributed by atoms with Gasteiger partial charge in [0.15, 0.2) is 0 Å². The summed E-state index contributed by atoms with van der Waals surface area (Å²) >= 11 is 3.39. The molecule has 1 fully saturated rings. The minimum Gasteiger partial charge on any atom is -0.326 e. The van der Waals surface area contributed by atoms with Crippen LogP contribution in [0, 0.1) is 18.8 Å². The molecule has 1 aromatic carbocycles. The first-order chi connectivity index (χ1) is 9.77. The Morgan fingerprint density at radius 1 is 1.24 bits per heavy atom. The van der Waals surface area contributed by atoms with Gasteiger partial charge in [-0.05, 0) is 50.3 Å². The van der Waals surface area contributed by atoms with E-state index in [2.05, 4.69) is 21.2 Å². The average molecular weight is 364 g/mol. The fraction of sp³-hybridized carbons (Fsp3) is 0.533. The Bertz CT molecular complexity index is 522. The molecule has 1 saturated carbocycles. The zero-order chi connectivity index (χ0) is 15.6. The van der Waals surface area contributed by atoms with Gasteiger partial charge in [-0.15, -0.1) is 0 Å². The van der Waals surface area contributed by atoms with E-state index >= 15 is 0 Å². The number of hydrogen-bond donors (Lipinski definition) is 1. The molecule has 21 heavy (non-hydrogen) atoms. The third-order valence-corrected chi connectivity index (χ3v) is 4.85. The van der Waals surface area contributed by atoms with Gasteiger partial charge in [-0.25, -0.2) is 0 Å². The highest BCUT2D eigenvalue weighted by Gasteiger charge is 2.42. The van der Waals surface area contributed by atoms with E-state index in [-0.39, 0.29) is 24.7 Å². The van der Waals surface area contributed by atoms with Crippen LogP contribution in [0.4, 0.5) is 18.9 Å². The van der Waals surface area contributed by atoms with Crippen LogP contribution in [0.5, 0.6) is 0 Å². The number of anilines is 1. The molecule has 2 nitrogen and oxygen atoms in total. The van der Waals surface area contributed by atoms with Crippen LogP contribution in [-0.2, 0) is 4.79 Å². The first-order valence-corrected chi connectivity index (χ1v) is 7.70. The van der Waals surface area contributed by atoms with Gasteiger partial charge >= 0.3 is 6.18 Å². The molecule has 0 radical (unpaired) electrons. The maximum Gasteiger partial charge on any atom is 0.391 e. The first-order valence-electron chi connectivity index (χ1n) is 6.91. The van der Waals surface area contributed by atoms with Crippen molar-refractivity contribution in [3.8, 4) is 0 Å². The topological polar surface area (TPSA) is 29.1 Å². The van der Waals surface area contributed by atoms with Gasteiger partial charge in [0.2, 0.25) is 5.91 Å². The number of carbonyl (C=O) groups excluding carboxylic acids is 1. The van der Waals surface area contributed by atoms with E-state index < -0.39 is 12.1 Å². The van der Waals surface area contributed by atoms with Crippen LogP contribution < -0.4 is 5.32 Å². The van der Waals surface area contributed by atoms with E-state index in [0.717, 1.165) is 10.0 Å². The Balaban J connectivity index is 1.92. The molecule has 1 amide bonds. The van der Waals surface area contributed by atoms with E-state index in [0.29, 0.717) is 18.5 Å². The molecule has 0 aliphatic heterocycles. The summed E-state index contributed by atoms with van der Waals surface area (Å²) in [5.74, 6) is -1.77. The fourth-order valence-electron chi connectivity index (χ4n) is 2.60. The Morgan fingerprint density at radius 3 is 2.38 bits per heavy atom. The predicted molar refractivity (Wildman–Crippen MR) is 79.0 cm³/mol. The molecule has 0 aromatic heterocycles. The minimum absolute atomic E-state index is 0.0409. The zero-order valence-electron chi connectivity index (χ0n) is 11.6. The highest BCUT2D eigenvalue weighted by atomic mass is 79.9. The number of nitrogens with one attached hydrogen (secondary N) is 1. The largest absolute Gasteiger partial charge is 0.391 e. The number of alkyl halides is 3. The highest BCUT2D eigenvalue weighted by molar-refractivity contribution is 9.10. The summed E-state index contributed by atoms with van der Waals surface area (Å²) in [5, 5.41) is 2.78. The molecule has 1 aliphatic carbocycles. The summed E-state index contributed by atoms with van der Waals surface area (Å²) in [5.41, 5.74) is 1.72. The second kappa shape index (κ2) is 6.38. The number of halogens is 4. The quantitative estimate of drug-likeness (QED) is 0.781. The van der Waals surface area contributed by atoms with Crippen LogP contribution >= 0.6 is 15.9 Å². The molecule has 0 bridgehead atoms. The zero-order valence-corrected chi connectivity index (χ0v) is 13.2. The lowest BCUT2D eigenvalue weighted by molar-refractivity contribution is -0.184. The van der Waals surface area contributed by atoms with Crippen molar-refractivity contribution in [2.45, 2.75) is 38.8 Å². The van der Waals surface area contributed by atoms with Crippen molar-refractivity contribution in [2.75, 3.05) is 5.32 Å². The molecule has 0 saturated heterocycles. The lowest BCUT2D eigenvalue weighted by atomic mass is 9.81. The summed E-state index contributed by atoms with van der Waals surface area (Å²) in [6.45, 7) is 1.94. The van der Waals surface area contributed by atoms with Crippen LogP contribution in [0.2, 0.25) is 0 Å². The Hall–Kier alpha value is -1.04. The highest BCUT2D eigenvalue weighted by Crippen LogP contribution is 2.39. The summed E-state index contributed by atoms with van der Waals surface area (Å²) in [4.78, 5) is 12.1. The molecule has 1 N–H and O–H groups in total. The summed E-state index contributed by atoms with van der Waals surface area (Å²) in [7, 11) is 0. The van der Waals surface area contributed by atoms with Crippen molar-refractivity contribution in [3.05, 3.63) is 28.2 Å². The summed E-state index contributed by atoms with van der Waals surface area (Å²) in [6.07, 6.45) is -3.46. The summed E-state index contributed by atoms with van der Waals surface area (Å²) < 4.78 is 38.7. The van der Waals surface area contributed by atoms with Crippen molar-refractivity contribution in [1.82, 2.24) is 0 Å². The van der Waals surface area contributed by atoms with Crippen LogP contribution in [0.25, 0.3) is 0 Å². The van der Waals surface area contributed by atoms with E-state index in [1.807, 2.05) is 13.0 Å². The molecule has 1 aromatic rings. The maximum absolute atomic E-state index is 12.6. The third kappa shape index (κ3) is 4.22. The number of aryl methyl sites for hydroxylation is 1. The predicted octanol–water partition coefficient (Wildman–Crippen LogP) is 5.06. The van der Waals surface area contributed by atoms with Crippen molar-refractivity contribution < 1.29 is 18.0 Å². The average Bonchev–Trinajstić information content (AvgIpc) is 2.42. The lowest BCUT2D eigenvalue weighted by Crippen LogP contribution is -2.32. The van der Waals surface area contributed by atoms with Gasteiger partial charge < -0.3 is 5.32 Å². The summed E-state index contributed by atoms with van der Waals surface area (Å²) in [6, 6.07) is 5.47. The minimum atomic E-state index is -4.14. The molecule has 2 rings (SSSR count). The monoisotopic (exact) mass is 363 g/mol. The van der Waals surface area contributed by atoms with Crippen LogP contribution in [0.1, 0.15) is 31.2 Å². The van der Waals surface area contributed by atoms with Crippen molar-refractivity contribution in [3.63, 3.8) is 0 Å². The molecule has 0 atom stereocenters. The van der Waals surface area contributed by atoms with Gasteiger partial charge in [-0.2, -0.15) is 13.2 Å². The van der Waals surface area contributed by atoms with Crippen LogP contribution in [0.3, 0.4) is 0 Å². The molecule has 6 heteroatoms. The normalized spacial score (nSPS) is 22.9. The molecular weight excluding hydrogens is 347 g/mol. The lowest BCUT2D eigenvalue weighted by Gasteiger charge is -2.29. The maximum atomic E-state index is 12.6.